The number of imidazole rings is 1. The van der Waals surface area contributed by atoms with Gasteiger partial charge < -0.3 is 4.98 Å². The molecule has 20 heavy (non-hydrogen) atoms. The molecule has 112 valence electrons. The van der Waals surface area contributed by atoms with Crippen LogP contribution in [0.2, 0.25) is 0 Å². The Labute approximate surface area is 120 Å². The summed E-state index contributed by atoms with van der Waals surface area (Å²) >= 11 is 0. The third-order valence-corrected chi connectivity index (χ3v) is 6.30. The number of hydrogen-bond acceptors (Lipinski definition) is 4. The zero-order chi connectivity index (χ0) is 14.3. The van der Waals surface area contributed by atoms with Gasteiger partial charge in [-0.05, 0) is 26.3 Å². The van der Waals surface area contributed by atoms with Gasteiger partial charge in [0.25, 0.3) is 10.0 Å². The lowest BCUT2D eigenvalue weighted by atomic mass is 10.1. The molecule has 0 saturated carbocycles. The van der Waals surface area contributed by atoms with Gasteiger partial charge in [-0.25, -0.2) is 13.4 Å². The van der Waals surface area contributed by atoms with Crippen molar-refractivity contribution in [2.45, 2.75) is 50.2 Å². The lowest BCUT2D eigenvalue weighted by Gasteiger charge is -2.40. The first-order valence-corrected chi connectivity index (χ1v) is 8.76. The second-order valence-corrected chi connectivity index (χ2v) is 7.62. The van der Waals surface area contributed by atoms with Crippen LogP contribution < -0.4 is 0 Å². The number of rotatable bonds is 3. The molecule has 0 aliphatic carbocycles. The molecule has 2 unspecified atom stereocenters. The summed E-state index contributed by atoms with van der Waals surface area (Å²) in [6.45, 7) is 6.48. The summed E-state index contributed by atoms with van der Waals surface area (Å²) in [5.74, 6) is 0.718. The molecule has 2 atom stereocenters. The van der Waals surface area contributed by atoms with Gasteiger partial charge in [-0.15, -0.1) is 0 Å². The third kappa shape index (κ3) is 2.27. The van der Waals surface area contributed by atoms with Crippen LogP contribution in [-0.2, 0) is 16.4 Å². The average molecular weight is 298 g/mol. The lowest BCUT2D eigenvalue weighted by molar-refractivity contribution is 0.117. The summed E-state index contributed by atoms with van der Waals surface area (Å²) in [5, 5.41) is 0.229. The van der Waals surface area contributed by atoms with Crippen LogP contribution in [0, 0.1) is 0 Å². The minimum atomic E-state index is -3.45. The molecule has 0 spiro atoms. The summed E-state index contributed by atoms with van der Waals surface area (Å²) in [6, 6.07) is 0.400. The number of hydrogen-bond donors (Lipinski definition) is 1. The molecule has 0 bridgehead atoms. The van der Waals surface area contributed by atoms with Crippen LogP contribution in [0.3, 0.4) is 0 Å². The number of fused-ring (bicyclic) bond motifs is 1. The van der Waals surface area contributed by atoms with E-state index in [9.17, 15) is 8.42 Å². The molecule has 0 amide bonds. The highest BCUT2D eigenvalue weighted by molar-refractivity contribution is 7.89. The van der Waals surface area contributed by atoms with Gasteiger partial charge >= 0.3 is 0 Å². The van der Waals surface area contributed by atoms with Crippen LogP contribution in [0.1, 0.15) is 32.5 Å². The number of H-pyrrole nitrogens is 1. The number of sulfonamides is 1. The summed E-state index contributed by atoms with van der Waals surface area (Å²) in [5.41, 5.74) is 0. The van der Waals surface area contributed by atoms with Gasteiger partial charge in [0, 0.05) is 31.6 Å². The van der Waals surface area contributed by atoms with Gasteiger partial charge in [0.1, 0.15) is 5.82 Å². The standard InChI is InChI=1S/C13H22N4O2S/c1-3-12-14-7-13(15-12)20(18,19)17-9-11-5-4-6-16(11)8-10(17)2/h7,10-11H,3-6,8-9H2,1-2H3,(H,14,15). The quantitative estimate of drug-likeness (QED) is 0.897. The molecule has 2 fully saturated rings. The van der Waals surface area contributed by atoms with Crippen molar-refractivity contribution in [3.8, 4) is 0 Å². The van der Waals surface area contributed by atoms with Crippen molar-refractivity contribution < 1.29 is 8.42 Å². The largest absolute Gasteiger partial charge is 0.332 e. The van der Waals surface area contributed by atoms with E-state index in [1.165, 1.54) is 12.6 Å². The van der Waals surface area contributed by atoms with E-state index >= 15 is 0 Å². The Morgan fingerprint density at radius 3 is 2.95 bits per heavy atom. The molecule has 6 nitrogen and oxygen atoms in total. The number of nitrogens with zero attached hydrogens (tertiary/aromatic N) is 3. The second kappa shape index (κ2) is 5.13. The topological polar surface area (TPSA) is 69.3 Å². The molecule has 0 aromatic carbocycles. The number of piperazine rings is 1. The smallest absolute Gasteiger partial charge is 0.260 e. The van der Waals surface area contributed by atoms with Crippen LogP contribution in [0.25, 0.3) is 0 Å². The number of aryl methyl sites for hydroxylation is 1. The average Bonchev–Trinajstić information content (AvgIpc) is 3.05. The van der Waals surface area contributed by atoms with Crippen molar-refractivity contribution in [1.82, 2.24) is 19.2 Å². The minimum Gasteiger partial charge on any atom is -0.332 e. The summed E-state index contributed by atoms with van der Waals surface area (Å²) in [4.78, 5) is 9.46. The van der Waals surface area contributed by atoms with Gasteiger partial charge in [-0.3, -0.25) is 4.90 Å². The molecule has 1 aromatic rings. The Hall–Kier alpha value is -0.920. The van der Waals surface area contributed by atoms with E-state index in [1.807, 2.05) is 13.8 Å². The predicted octanol–water partition coefficient (Wildman–Crippen LogP) is 0.829. The SMILES string of the molecule is CCc1ncc(S(=O)(=O)N2CC3CCCN3CC2C)[nH]1. The molecule has 7 heteroatoms. The molecule has 2 aliphatic heterocycles. The highest BCUT2D eigenvalue weighted by Crippen LogP contribution is 2.28. The Morgan fingerprint density at radius 1 is 1.45 bits per heavy atom. The fourth-order valence-corrected chi connectivity index (χ4v) is 4.87. The van der Waals surface area contributed by atoms with Crippen molar-refractivity contribution in [1.29, 1.82) is 0 Å². The van der Waals surface area contributed by atoms with E-state index in [1.54, 1.807) is 4.31 Å². The fraction of sp³-hybridized carbons (Fsp3) is 0.769. The number of aromatic nitrogens is 2. The Balaban J connectivity index is 1.86. The lowest BCUT2D eigenvalue weighted by Crippen LogP contribution is -2.56. The molecular weight excluding hydrogens is 276 g/mol. The first-order valence-electron chi connectivity index (χ1n) is 7.32. The van der Waals surface area contributed by atoms with Crippen molar-refractivity contribution in [3.05, 3.63) is 12.0 Å². The molecule has 3 rings (SSSR count). The Bertz CT molecular complexity index is 583. The maximum atomic E-state index is 12.8. The van der Waals surface area contributed by atoms with Crippen LogP contribution >= 0.6 is 0 Å². The summed E-state index contributed by atoms with van der Waals surface area (Å²) in [6.07, 6.45) is 4.43. The first-order chi connectivity index (χ1) is 9.52. The van der Waals surface area contributed by atoms with Gasteiger partial charge in [-0.1, -0.05) is 6.92 Å². The second-order valence-electron chi connectivity index (χ2n) is 5.76. The molecule has 2 aliphatic rings. The molecule has 3 heterocycles. The van der Waals surface area contributed by atoms with E-state index in [0.29, 0.717) is 19.0 Å². The Kier molecular flexibility index (Phi) is 3.60. The van der Waals surface area contributed by atoms with Gasteiger partial charge in [0.05, 0.1) is 6.20 Å². The van der Waals surface area contributed by atoms with Crippen LogP contribution in [0.5, 0.6) is 0 Å². The van der Waals surface area contributed by atoms with Crippen molar-refractivity contribution >= 4 is 10.0 Å². The third-order valence-electron chi connectivity index (χ3n) is 4.41. The highest BCUT2D eigenvalue weighted by Gasteiger charge is 2.40. The predicted molar refractivity (Wildman–Crippen MR) is 75.9 cm³/mol. The maximum Gasteiger partial charge on any atom is 0.260 e. The first kappa shape index (κ1) is 14.0. The number of nitrogens with one attached hydrogen (secondary N) is 1. The molecule has 1 N–H and O–H groups in total. The van der Waals surface area contributed by atoms with E-state index < -0.39 is 10.0 Å². The van der Waals surface area contributed by atoms with Crippen LogP contribution in [0.4, 0.5) is 0 Å². The molecule has 2 saturated heterocycles. The van der Waals surface area contributed by atoms with E-state index in [2.05, 4.69) is 14.9 Å². The molecule has 0 radical (unpaired) electrons. The normalized spacial score (nSPS) is 28.7. The van der Waals surface area contributed by atoms with Gasteiger partial charge in [0.15, 0.2) is 5.03 Å². The number of aromatic amines is 1. The maximum absolute atomic E-state index is 12.8. The van der Waals surface area contributed by atoms with Crippen molar-refractivity contribution in [2.75, 3.05) is 19.6 Å². The van der Waals surface area contributed by atoms with E-state index in [4.69, 9.17) is 0 Å². The van der Waals surface area contributed by atoms with Crippen molar-refractivity contribution in [3.63, 3.8) is 0 Å². The van der Waals surface area contributed by atoms with Gasteiger partial charge in [-0.2, -0.15) is 4.31 Å². The monoisotopic (exact) mass is 298 g/mol. The van der Waals surface area contributed by atoms with E-state index in [0.717, 1.165) is 25.3 Å². The van der Waals surface area contributed by atoms with Crippen molar-refractivity contribution in [2.24, 2.45) is 0 Å². The minimum absolute atomic E-state index is 0.0164. The Morgan fingerprint density at radius 2 is 2.25 bits per heavy atom. The molecular formula is C13H22N4O2S. The van der Waals surface area contributed by atoms with Crippen LogP contribution in [-0.4, -0.2) is 59.3 Å². The zero-order valence-corrected chi connectivity index (χ0v) is 12.9. The van der Waals surface area contributed by atoms with Gasteiger partial charge in [0.2, 0.25) is 0 Å². The molecule has 1 aromatic heterocycles. The van der Waals surface area contributed by atoms with E-state index in [-0.39, 0.29) is 11.1 Å². The summed E-state index contributed by atoms with van der Waals surface area (Å²) in [7, 11) is -3.45. The zero-order valence-electron chi connectivity index (χ0n) is 12.0. The highest BCUT2D eigenvalue weighted by atomic mass is 32.2. The van der Waals surface area contributed by atoms with Crippen LogP contribution in [0.15, 0.2) is 11.2 Å². The fourth-order valence-electron chi connectivity index (χ4n) is 3.28. The summed E-state index contributed by atoms with van der Waals surface area (Å²) < 4.78 is 27.1.